The van der Waals surface area contributed by atoms with Crippen LogP contribution in [0.25, 0.3) is 222 Å². The van der Waals surface area contributed by atoms with Crippen LogP contribution in [-0.4, -0.2) is 67.3 Å². The molecule has 26 aromatic rings. The molecule has 29 rings (SSSR count). The van der Waals surface area contributed by atoms with Crippen molar-refractivity contribution < 1.29 is 0 Å². The Morgan fingerprint density at radius 1 is 0.204 bits per heavy atom. The summed E-state index contributed by atoms with van der Waals surface area (Å²) in [6, 6.07) is 134. The summed E-state index contributed by atoms with van der Waals surface area (Å²) >= 11 is 0. The highest BCUT2D eigenvalue weighted by molar-refractivity contribution is 6.25. The summed E-state index contributed by atoms with van der Waals surface area (Å²) in [6.45, 7) is 13.9. The van der Waals surface area contributed by atoms with Gasteiger partial charge in [0.25, 0.3) is 0 Å². The molecule has 15 aromatic carbocycles. The predicted molar refractivity (Wildman–Crippen MR) is 559 cm³/mol. The first-order chi connectivity index (χ1) is 67.3. The average molecular weight is 1760 g/mol. The van der Waals surface area contributed by atoms with Crippen LogP contribution in [0.1, 0.15) is 74.9 Å². The standard InChI is InChI=1S/C46H31N5.C45H32N4.C32H23N5/c1-46(2)38-17-10-23-48-45(38)51-40-27-47-24-22-34(40)37-25-30(26-39(46)42(37)51)28-18-20-31(21-19-28)50-43-36-16-9-7-14-33(36)32-13-6-8-15-35(32)41(43)49-44(50)29-11-4-3-5-12-29;1-45(2)37-26-32(30-16-8-4-9-17-30)25-36-35-24-31(29-14-6-3-7-15-29)22-23-40(35)49(42(36)37)44-38(45)27-33(28-46-44)43-47-39-20-12-13-21-41(39)48(43)34-18-10-5-11-19-34;1-32(2)24-14-8-12-22-23-13-9-17-33-30(23)37(28(22)24)31-25(32)18-20(19-34-31)29-35-26-15-6-7-16-27(26)36(29)21-10-4-3-5-11-21/h3-27H,1-2H3;3-28H,1-2H3;3-19H,1-2H3. The summed E-state index contributed by atoms with van der Waals surface area (Å²) in [5.41, 5.74) is 33.2. The van der Waals surface area contributed by atoms with Gasteiger partial charge in [-0.2, -0.15) is 0 Å². The van der Waals surface area contributed by atoms with Gasteiger partial charge in [-0.15, -0.1) is 0 Å². The summed E-state index contributed by atoms with van der Waals surface area (Å²) in [5, 5.41) is 12.1. The van der Waals surface area contributed by atoms with Crippen LogP contribution < -0.4 is 0 Å². The van der Waals surface area contributed by atoms with Crippen LogP contribution in [0.4, 0.5) is 0 Å². The highest BCUT2D eigenvalue weighted by Gasteiger charge is 2.41. The predicted octanol–water partition coefficient (Wildman–Crippen LogP) is 29.6. The van der Waals surface area contributed by atoms with Crippen LogP contribution in [0.3, 0.4) is 0 Å². The van der Waals surface area contributed by atoms with Crippen molar-refractivity contribution >= 4 is 120 Å². The molecule has 14 nitrogen and oxygen atoms in total. The molecule has 14 heteroatoms. The van der Waals surface area contributed by atoms with Crippen molar-refractivity contribution in [2.45, 2.75) is 57.8 Å². The van der Waals surface area contributed by atoms with E-state index in [1.54, 1.807) is 0 Å². The van der Waals surface area contributed by atoms with Crippen molar-refractivity contribution in [2.24, 2.45) is 0 Å². The molecule has 3 aliphatic heterocycles. The second-order valence-corrected chi connectivity index (χ2v) is 37.9. The lowest BCUT2D eigenvalue weighted by Crippen LogP contribution is -2.27. The monoisotopic (exact) mass is 1760 g/mol. The second-order valence-electron chi connectivity index (χ2n) is 37.9. The van der Waals surface area contributed by atoms with E-state index in [0.29, 0.717) is 0 Å². The Morgan fingerprint density at radius 3 is 1.26 bits per heavy atom. The first-order valence-electron chi connectivity index (χ1n) is 46.8. The molecule has 0 amide bonds. The minimum atomic E-state index is -0.336. The van der Waals surface area contributed by atoms with E-state index in [1.165, 1.54) is 126 Å². The van der Waals surface area contributed by atoms with E-state index in [1.807, 2.05) is 61.4 Å². The number of hydrogen-bond donors (Lipinski definition) is 0. The van der Waals surface area contributed by atoms with Crippen molar-refractivity contribution in [1.29, 1.82) is 0 Å². The lowest BCUT2D eigenvalue weighted by molar-refractivity contribution is 0.624. The first kappa shape index (κ1) is 79.2. The van der Waals surface area contributed by atoms with Crippen molar-refractivity contribution in [3.63, 3.8) is 0 Å². The third-order valence-corrected chi connectivity index (χ3v) is 29.2. The van der Waals surface area contributed by atoms with Crippen molar-refractivity contribution in [3.8, 4) is 102 Å². The Labute approximate surface area is 788 Å². The first-order valence-corrected chi connectivity index (χ1v) is 46.8. The summed E-state index contributed by atoms with van der Waals surface area (Å²) in [4.78, 5) is 40.3. The molecule has 0 unspecified atom stereocenters. The summed E-state index contributed by atoms with van der Waals surface area (Å²) in [5.74, 6) is 5.61. The van der Waals surface area contributed by atoms with Gasteiger partial charge in [-0.05, 0) is 194 Å². The van der Waals surface area contributed by atoms with Gasteiger partial charge in [0.05, 0.1) is 66.9 Å². The molecule has 0 bridgehead atoms. The molecule has 0 saturated carbocycles. The van der Waals surface area contributed by atoms with Crippen molar-refractivity contribution in [3.05, 3.63) is 447 Å². The van der Waals surface area contributed by atoms with Crippen LogP contribution in [0, 0.1) is 0 Å². The van der Waals surface area contributed by atoms with Gasteiger partial charge in [-0.3, -0.25) is 32.4 Å². The van der Waals surface area contributed by atoms with Crippen molar-refractivity contribution in [1.82, 2.24) is 67.3 Å². The van der Waals surface area contributed by atoms with Gasteiger partial charge in [0.1, 0.15) is 40.6 Å². The molecule has 137 heavy (non-hydrogen) atoms. The third kappa shape index (κ3) is 11.9. The second kappa shape index (κ2) is 30.2. The number of pyridine rings is 5. The van der Waals surface area contributed by atoms with Crippen LogP contribution in [0.5, 0.6) is 0 Å². The van der Waals surface area contributed by atoms with Gasteiger partial charge >= 0.3 is 0 Å². The number of aromatic nitrogens is 14. The van der Waals surface area contributed by atoms with Gasteiger partial charge in [-0.25, -0.2) is 34.9 Å². The maximum Gasteiger partial charge on any atom is 0.147 e. The van der Waals surface area contributed by atoms with Crippen molar-refractivity contribution in [2.75, 3.05) is 0 Å². The normalized spacial score (nSPS) is 13.5. The van der Waals surface area contributed by atoms with E-state index in [0.717, 1.165) is 129 Å². The minimum absolute atomic E-state index is 0.236. The van der Waals surface area contributed by atoms with Gasteiger partial charge < -0.3 is 0 Å². The molecule has 14 heterocycles. The summed E-state index contributed by atoms with van der Waals surface area (Å²) in [7, 11) is 0. The Balaban J connectivity index is 0.000000105. The molecule has 0 aliphatic carbocycles. The largest absolute Gasteiger partial charge is 0.293 e. The molecular weight excluding hydrogens is 1670 g/mol. The molecule has 11 aromatic heterocycles. The van der Waals surface area contributed by atoms with Crippen LogP contribution >= 0.6 is 0 Å². The fraction of sp³-hybridized carbons (Fsp3) is 0.0732. The highest BCUT2D eigenvalue weighted by atomic mass is 15.2. The number of fused-ring (bicyclic) bond motifs is 23. The number of para-hydroxylation sites is 7. The van der Waals surface area contributed by atoms with Gasteiger partial charge in [0.2, 0.25) is 0 Å². The molecule has 0 fully saturated rings. The molecule has 0 radical (unpaired) electrons. The average Bonchev–Trinajstić information content (AvgIpc) is 1.56. The molecule has 0 N–H and O–H groups in total. The lowest BCUT2D eigenvalue weighted by atomic mass is 9.74. The van der Waals surface area contributed by atoms with Crippen LogP contribution in [0.15, 0.2) is 413 Å². The zero-order valence-corrected chi connectivity index (χ0v) is 76.0. The maximum absolute atomic E-state index is 5.40. The maximum atomic E-state index is 5.40. The summed E-state index contributed by atoms with van der Waals surface area (Å²) < 4.78 is 13.8. The fourth-order valence-corrected chi connectivity index (χ4v) is 22.5. The van der Waals surface area contributed by atoms with E-state index in [-0.39, 0.29) is 16.2 Å². The molecule has 3 aliphatic rings. The zero-order chi connectivity index (χ0) is 91.3. The van der Waals surface area contributed by atoms with E-state index in [2.05, 4.69) is 426 Å². The zero-order valence-electron chi connectivity index (χ0n) is 76.0. The Hall–Kier alpha value is -17.6. The molecule has 0 saturated heterocycles. The number of rotatable bonds is 9. The molecule has 0 spiro atoms. The third-order valence-electron chi connectivity index (χ3n) is 29.2. The minimum Gasteiger partial charge on any atom is -0.293 e. The molecule has 648 valence electrons. The Morgan fingerprint density at radius 2 is 0.628 bits per heavy atom. The molecule has 0 atom stereocenters. The number of hydrogen-bond acceptors (Lipinski definition) is 8. The smallest absolute Gasteiger partial charge is 0.147 e. The fourth-order valence-electron chi connectivity index (χ4n) is 22.5. The topological polar surface area (TPSA) is 133 Å². The Bertz CT molecular complexity index is 9490. The lowest BCUT2D eigenvalue weighted by Gasteiger charge is -2.34. The van der Waals surface area contributed by atoms with Gasteiger partial charge in [0.15, 0.2) is 0 Å². The van der Waals surface area contributed by atoms with E-state index < -0.39 is 0 Å². The van der Waals surface area contributed by atoms with Gasteiger partial charge in [-0.1, -0.05) is 284 Å². The van der Waals surface area contributed by atoms with E-state index >= 15 is 0 Å². The quantitative estimate of drug-likeness (QED) is 0.131. The SMILES string of the molecule is CC1(C)c2cc(-c3nc4ccccc4n3-c3ccccc3)cnc2-n2c3ccc(-c4ccccc4)cc3c3cc(-c4ccccc4)cc1c32.CC1(C)c2cc(-c3nc4ccccc4n3-c3ccccc3)cnc2-n2c3ncccc3c3cccc1c32.CC1(C)c2cccnc2-n2c3cnccc3c3cc(-c4ccc(-n5c(-c6ccccc6)nc6c7ccccc7c7ccccc7c65)cc4)cc1c32. The van der Waals surface area contributed by atoms with Crippen LogP contribution in [-0.2, 0) is 16.2 Å². The number of imidazole rings is 3. The highest BCUT2D eigenvalue weighted by Crippen LogP contribution is 2.54. The van der Waals surface area contributed by atoms with E-state index in [9.17, 15) is 0 Å². The molecular formula is C123H86N14. The summed E-state index contributed by atoms with van der Waals surface area (Å²) in [6.07, 6.45) is 11.6. The number of nitrogens with zero attached hydrogens (tertiary/aromatic N) is 14. The van der Waals surface area contributed by atoms with Gasteiger partial charge in [0, 0.05) is 141 Å². The number of benzene rings is 15. The van der Waals surface area contributed by atoms with Crippen LogP contribution in [0.2, 0.25) is 0 Å². The Kier molecular flexibility index (Phi) is 17.5. The van der Waals surface area contributed by atoms with E-state index in [4.69, 9.17) is 34.9 Å².